The zero-order valence-electron chi connectivity index (χ0n) is 23.3. The lowest BCUT2D eigenvalue weighted by Gasteiger charge is -2.45. The van der Waals surface area contributed by atoms with Crippen LogP contribution in [0.1, 0.15) is 73.9 Å². The lowest BCUT2D eigenvalue weighted by molar-refractivity contribution is -0.138. The van der Waals surface area contributed by atoms with Gasteiger partial charge in [-0.1, -0.05) is 37.4 Å². The molecule has 1 amide bonds. The molecule has 3 heterocycles. The number of nitrogens with zero attached hydrogens (tertiary/aromatic N) is 4. The quantitative estimate of drug-likeness (QED) is 0.411. The highest BCUT2D eigenvalue weighted by molar-refractivity contribution is 9.10. The van der Waals surface area contributed by atoms with Gasteiger partial charge in [-0.25, -0.2) is 0 Å². The van der Waals surface area contributed by atoms with E-state index in [0.717, 1.165) is 92.9 Å². The molecular formula is C30H41BBrClN4O2. The normalized spacial score (nSPS) is 22.7. The van der Waals surface area contributed by atoms with Gasteiger partial charge in [-0.3, -0.25) is 14.7 Å². The van der Waals surface area contributed by atoms with Crippen molar-refractivity contribution in [2.75, 3.05) is 32.7 Å². The minimum absolute atomic E-state index is 0.0639. The molecule has 5 rings (SSSR count). The Kier molecular flexibility index (Phi) is 9.71. The van der Waals surface area contributed by atoms with Crippen LogP contribution in [-0.4, -0.2) is 76.3 Å². The van der Waals surface area contributed by atoms with Gasteiger partial charge in [-0.05, 0) is 109 Å². The van der Waals surface area contributed by atoms with Gasteiger partial charge in [0.2, 0.25) is 5.91 Å². The average Bonchev–Trinajstić information content (AvgIpc) is 3.08. The van der Waals surface area contributed by atoms with Crippen molar-refractivity contribution in [2.45, 2.75) is 77.2 Å². The molecule has 39 heavy (non-hydrogen) atoms. The van der Waals surface area contributed by atoms with Gasteiger partial charge >= 0.3 is 7.05 Å². The third-order valence-corrected chi connectivity index (χ3v) is 9.69. The van der Waals surface area contributed by atoms with E-state index in [0.29, 0.717) is 18.2 Å². The predicted octanol–water partition coefficient (Wildman–Crippen LogP) is 5.60. The van der Waals surface area contributed by atoms with Crippen LogP contribution in [0.3, 0.4) is 0 Å². The number of unbranched alkanes of at least 4 members (excludes halogenated alkanes) is 1. The molecule has 6 nitrogen and oxygen atoms in total. The first kappa shape index (κ1) is 29.1. The minimum Gasteiger partial charge on any atom is -0.437 e. The number of rotatable bonds is 7. The van der Waals surface area contributed by atoms with E-state index in [1.165, 1.54) is 16.7 Å². The topological polar surface area (TPSA) is 59.9 Å². The lowest BCUT2D eigenvalue weighted by atomic mass is 9.80. The van der Waals surface area contributed by atoms with E-state index >= 15 is 0 Å². The van der Waals surface area contributed by atoms with Crippen LogP contribution < -0.4 is 0 Å². The van der Waals surface area contributed by atoms with Crippen LogP contribution in [0.25, 0.3) is 0 Å². The van der Waals surface area contributed by atoms with Gasteiger partial charge < -0.3 is 14.7 Å². The molecule has 1 unspecified atom stereocenters. The zero-order valence-corrected chi connectivity index (χ0v) is 25.6. The maximum atomic E-state index is 13.7. The van der Waals surface area contributed by atoms with E-state index in [-0.39, 0.29) is 12.1 Å². The smallest absolute Gasteiger partial charge is 0.376 e. The van der Waals surface area contributed by atoms with Crippen molar-refractivity contribution in [1.82, 2.24) is 19.6 Å². The molecule has 0 saturated carbocycles. The van der Waals surface area contributed by atoms with Crippen LogP contribution in [0, 0.1) is 5.92 Å². The molecule has 1 aromatic heterocycles. The van der Waals surface area contributed by atoms with Crippen molar-refractivity contribution in [3.63, 3.8) is 0 Å². The number of aromatic nitrogens is 1. The Bertz CT molecular complexity index is 1110. The van der Waals surface area contributed by atoms with Crippen molar-refractivity contribution in [2.24, 2.45) is 5.92 Å². The van der Waals surface area contributed by atoms with Crippen LogP contribution in [0.4, 0.5) is 0 Å². The van der Waals surface area contributed by atoms with Gasteiger partial charge in [0.25, 0.3) is 0 Å². The number of piperidine rings is 1. The third-order valence-electron chi connectivity index (χ3n) is 9.02. The van der Waals surface area contributed by atoms with Crippen molar-refractivity contribution in [3.05, 3.63) is 62.3 Å². The summed E-state index contributed by atoms with van der Waals surface area (Å²) < 4.78 is 1.01. The van der Waals surface area contributed by atoms with E-state index in [1.807, 2.05) is 19.1 Å². The van der Waals surface area contributed by atoms with Gasteiger partial charge in [0.15, 0.2) is 0 Å². The second-order valence-corrected chi connectivity index (χ2v) is 13.0. The van der Waals surface area contributed by atoms with E-state index in [2.05, 4.69) is 55.7 Å². The number of carbonyl (C=O) groups is 1. The number of halogens is 2. The monoisotopic (exact) mass is 614 g/mol. The highest BCUT2D eigenvalue weighted by Gasteiger charge is 2.38. The van der Waals surface area contributed by atoms with Crippen molar-refractivity contribution >= 4 is 40.5 Å². The Labute approximate surface area is 247 Å². The molecule has 2 atom stereocenters. The molecule has 210 valence electrons. The summed E-state index contributed by atoms with van der Waals surface area (Å²) >= 11 is 10.1. The van der Waals surface area contributed by atoms with Gasteiger partial charge in [0, 0.05) is 47.8 Å². The average molecular weight is 616 g/mol. The van der Waals surface area contributed by atoms with Crippen LogP contribution in [0.15, 0.2) is 34.9 Å². The summed E-state index contributed by atoms with van der Waals surface area (Å²) in [6, 6.07) is 8.83. The fourth-order valence-electron chi connectivity index (χ4n) is 6.81. The van der Waals surface area contributed by atoms with Gasteiger partial charge in [0.1, 0.15) is 0 Å². The summed E-state index contributed by atoms with van der Waals surface area (Å²) in [5.74, 6) is 0.715. The molecule has 3 aliphatic rings. The van der Waals surface area contributed by atoms with Gasteiger partial charge in [-0.2, -0.15) is 0 Å². The number of amides is 1. The molecule has 1 aliphatic carbocycles. The molecule has 2 fully saturated rings. The Morgan fingerprint density at radius 3 is 2.67 bits per heavy atom. The number of fused-ring (bicyclic) bond motifs is 2. The van der Waals surface area contributed by atoms with Gasteiger partial charge in [-0.15, -0.1) is 0 Å². The summed E-state index contributed by atoms with van der Waals surface area (Å²) in [6.45, 7) is 8.25. The number of aryl methyl sites for hydroxylation is 2. The highest BCUT2D eigenvalue weighted by Crippen LogP contribution is 2.39. The van der Waals surface area contributed by atoms with Gasteiger partial charge in [0.05, 0.1) is 11.7 Å². The van der Waals surface area contributed by atoms with E-state index in [4.69, 9.17) is 16.6 Å². The van der Waals surface area contributed by atoms with Crippen molar-refractivity contribution in [3.8, 4) is 0 Å². The number of piperazine rings is 1. The Morgan fingerprint density at radius 2 is 1.92 bits per heavy atom. The molecule has 2 aromatic rings. The predicted molar refractivity (Wildman–Crippen MR) is 162 cm³/mol. The second kappa shape index (κ2) is 13.0. The SMILES string of the molecule is CCCC[C@H]1CN(C2c3ccc(Cl)cc3CCc3cc(Br)cnc32)CCN1C(=O)CC1CCN(B(C)O)CC1. The first-order valence-corrected chi connectivity index (χ1v) is 15.9. The standard InChI is InChI=1S/C30H41BBrClN4O2/c1-3-4-5-26-20-35(14-15-37(26)28(38)16-21-10-12-36(13-11-21)31(2)39)30-27-9-8-25(33)18-22(27)6-7-23-17-24(32)19-34-29(23)30/h8-9,17-19,21,26,30,39H,3-7,10-16,20H2,1-2H3/t26-,30?/m0/s1. The summed E-state index contributed by atoms with van der Waals surface area (Å²) in [6.07, 6.45) is 9.67. The van der Waals surface area contributed by atoms with Crippen LogP contribution >= 0.6 is 27.5 Å². The number of hydrogen-bond acceptors (Lipinski definition) is 5. The molecule has 0 spiro atoms. The molecule has 1 N–H and O–H groups in total. The fourth-order valence-corrected chi connectivity index (χ4v) is 7.38. The molecule has 2 aliphatic heterocycles. The number of benzene rings is 1. The number of hydrogen-bond donors (Lipinski definition) is 1. The summed E-state index contributed by atoms with van der Waals surface area (Å²) in [7, 11) is -0.404. The molecular weight excluding hydrogens is 575 g/mol. The Morgan fingerprint density at radius 1 is 1.15 bits per heavy atom. The molecule has 0 bridgehead atoms. The molecule has 2 saturated heterocycles. The van der Waals surface area contributed by atoms with Crippen molar-refractivity contribution in [1.29, 1.82) is 0 Å². The summed E-state index contributed by atoms with van der Waals surface area (Å²) in [5, 5.41) is 10.7. The minimum atomic E-state index is -0.404. The third kappa shape index (κ3) is 6.73. The molecule has 9 heteroatoms. The fraction of sp³-hybridized carbons (Fsp3) is 0.600. The first-order chi connectivity index (χ1) is 18.8. The van der Waals surface area contributed by atoms with Crippen LogP contribution in [-0.2, 0) is 17.6 Å². The highest BCUT2D eigenvalue weighted by atomic mass is 79.9. The summed E-state index contributed by atoms with van der Waals surface area (Å²) in [5.41, 5.74) is 5.02. The zero-order chi connectivity index (χ0) is 27.5. The Balaban J connectivity index is 1.36. The van der Waals surface area contributed by atoms with E-state index in [1.54, 1.807) is 0 Å². The molecule has 0 radical (unpaired) electrons. The van der Waals surface area contributed by atoms with Crippen LogP contribution in [0.2, 0.25) is 11.8 Å². The largest absolute Gasteiger partial charge is 0.437 e. The Hall–Kier alpha value is -1.45. The lowest BCUT2D eigenvalue weighted by Crippen LogP contribution is -2.56. The van der Waals surface area contributed by atoms with E-state index < -0.39 is 7.05 Å². The molecule has 1 aromatic carbocycles. The number of carbonyl (C=O) groups excluding carboxylic acids is 1. The summed E-state index contributed by atoms with van der Waals surface area (Å²) in [4.78, 5) is 25.5. The van der Waals surface area contributed by atoms with Crippen molar-refractivity contribution < 1.29 is 9.82 Å². The maximum absolute atomic E-state index is 13.7. The van der Waals surface area contributed by atoms with E-state index in [9.17, 15) is 9.82 Å². The number of pyridine rings is 1. The van der Waals surface area contributed by atoms with Crippen LogP contribution in [0.5, 0.6) is 0 Å². The maximum Gasteiger partial charge on any atom is 0.376 e. The first-order valence-electron chi connectivity index (χ1n) is 14.7. The second-order valence-electron chi connectivity index (χ2n) is 11.6.